The van der Waals surface area contributed by atoms with Gasteiger partial charge in [0.05, 0.1) is 35.0 Å². The standard InChI is InChI=1S/C20H26N6O/c1-2-8-25-17-6-4-3-5-16(17)24-19(25)13-22-11-14-7-9-26-18(10-14)15(12-23-26)20(21)27/h3-6,12,14,22H,2,7-11,13H2,1H3,(H2,21,27). The molecule has 3 heterocycles. The van der Waals surface area contributed by atoms with Crippen molar-refractivity contribution in [1.29, 1.82) is 0 Å². The zero-order valence-electron chi connectivity index (χ0n) is 15.7. The van der Waals surface area contributed by atoms with Crippen LogP contribution in [0.4, 0.5) is 0 Å². The highest BCUT2D eigenvalue weighted by atomic mass is 16.1. The maximum atomic E-state index is 11.6. The van der Waals surface area contributed by atoms with Gasteiger partial charge in [-0.25, -0.2) is 4.98 Å². The van der Waals surface area contributed by atoms with E-state index in [1.807, 2.05) is 10.7 Å². The molecule has 142 valence electrons. The fourth-order valence-corrected chi connectivity index (χ4v) is 4.00. The second-order valence-corrected chi connectivity index (χ2v) is 7.25. The summed E-state index contributed by atoms with van der Waals surface area (Å²) in [6.45, 7) is 5.63. The molecule has 1 amide bonds. The molecule has 7 heteroatoms. The number of nitrogens with two attached hydrogens (primary N) is 1. The van der Waals surface area contributed by atoms with Crippen molar-refractivity contribution in [3.05, 3.63) is 47.5 Å². The van der Waals surface area contributed by atoms with E-state index < -0.39 is 5.91 Å². The van der Waals surface area contributed by atoms with Crippen LogP contribution in [-0.2, 0) is 26.1 Å². The van der Waals surface area contributed by atoms with Gasteiger partial charge in [-0.15, -0.1) is 0 Å². The van der Waals surface area contributed by atoms with Gasteiger partial charge in [-0.2, -0.15) is 5.10 Å². The van der Waals surface area contributed by atoms with Gasteiger partial charge < -0.3 is 15.6 Å². The maximum Gasteiger partial charge on any atom is 0.252 e. The third-order valence-corrected chi connectivity index (χ3v) is 5.34. The second-order valence-electron chi connectivity index (χ2n) is 7.25. The van der Waals surface area contributed by atoms with Crippen molar-refractivity contribution >= 4 is 16.9 Å². The Morgan fingerprint density at radius 1 is 1.37 bits per heavy atom. The summed E-state index contributed by atoms with van der Waals surface area (Å²) >= 11 is 0. The van der Waals surface area contributed by atoms with Gasteiger partial charge in [0.1, 0.15) is 5.82 Å². The molecular formula is C20H26N6O. The number of primary amides is 1. The number of carbonyl (C=O) groups is 1. The van der Waals surface area contributed by atoms with E-state index in [-0.39, 0.29) is 0 Å². The van der Waals surface area contributed by atoms with Crippen molar-refractivity contribution in [3.63, 3.8) is 0 Å². The minimum absolute atomic E-state index is 0.391. The Morgan fingerprint density at radius 3 is 3.04 bits per heavy atom. The van der Waals surface area contributed by atoms with Gasteiger partial charge >= 0.3 is 0 Å². The Bertz CT molecular complexity index is 957. The molecule has 0 fully saturated rings. The summed E-state index contributed by atoms with van der Waals surface area (Å²) < 4.78 is 4.22. The minimum atomic E-state index is -0.391. The molecule has 7 nitrogen and oxygen atoms in total. The van der Waals surface area contributed by atoms with Gasteiger partial charge in [0.2, 0.25) is 0 Å². The quantitative estimate of drug-likeness (QED) is 0.670. The Kier molecular flexibility index (Phi) is 4.94. The molecule has 3 N–H and O–H groups in total. The van der Waals surface area contributed by atoms with E-state index in [9.17, 15) is 4.79 Å². The molecular weight excluding hydrogens is 340 g/mol. The van der Waals surface area contributed by atoms with Crippen LogP contribution in [-0.4, -0.2) is 31.8 Å². The summed E-state index contributed by atoms with van der Waals surface area (Å²) in [6.07, 6.45) is 4.55. The number of aromatic nitrogens is 4. The minimum Gasteiger partial charge on any atom is -0.365 e. The highest BCUT2D eigenvalue weighted by Crippen LogP contribution is 2.23. The number of rotatable bonds is 7. The lowest BCUT2D eigenvalue weighted by Gasteiger charge is -2.24. The van der Waals surface area contributed by atoms with Crippen molar-refractivity contribution < 1.29 is 4.79 Å². The van der Waals surface area contributed by atoms with Gasteiger partial charge in [0.25, 0.3) is 5.91 Å². The van der Waals surface area contributed by atoms with Crippen LogP contribution in [0, 0.1) is 5.92 Å². The number of aryl methyl sites for hydroxylation is 2. The summed E-state index contributed by atoms with van der Waals surface area (Å²) in [7, 11) is 0. The SMILES string of the molecule is CCCn1c(CNCC2CCn3ncc(C(N)=O)c3C2)nc2ccccc21. The van der Waals surface area contributed by atoms with Crippen LogP contribution in [0.15, 0.2) is 30.5 Å². The van der Waals surface area contributed by atoms with Gasteiger partial charge in [0, 0.05) is 13.1 Å². The molecule has 2 aromatic heterocycles. The summed E-state index contributed by atoms with van der Waals surface area (Å²) in [6, 6.07) is 8.30. The number of carbonyl (C=O) groups excluding carboxylic acids is 1. The van der Waals surface area contributed by atoms with Gasteiger partial charge in [0.15, 0.2) is 0 Å². The summed E-state index contributed by atoms with van der Waals surface area (Å²) in [5, 5.41) is 7.85. The molecule has 3 aromatic rings. The van der Waals surface area contributed by atoms with Crippen LogP contribution in [0.25, 0.3) is 11.0 Å². The molecule has 1 aliphatic heterocycles. The van der Waals surface area contributed by atoms with E-state index in [4.69, 9.17) is 10.7 Å². The van der Waals surface area contributed by atoms with E-state index in [0.29, 0.717) is 11.5 Å². The molecule has 1 atom stereocenters. The normalized spacial score (nSPS) is 16.6. The van der Waals surface area contributed by atoms with Gasteiger partial charge in [-0.05, 0) is 43.9 Å². The maximum absolute atomic E-state index is 11.6. The zero-order chi connectivity index (χ0) is 18.8. The molecule has 27 heavy (non-hydrogen) atoms. The molecule has 1 unspecified atom stereocenters. The van der Waals surface area contributed by atoms with Crippen molar-refractivity contribution in [3.8, 4) is 0 Å². The number of para-hydroxylation sites is 2. The van der Waals surface area contributed by atoms with Crippen LogP contribution in [0.5, 0.6) is 0 Å². The lowest BCUT2D eigenvalue weighted by Crippen LogP contribution is -2.31. The number of amides is 1. The van der Waals surface area contributed by atoms with Crippen molar-refractivity contribution in [2.45, 2.75) is 45.8 Å². The Hall–Kier alpha value is -2.67. The van der Waals surface area contributed by atoms with E-state index >= 15 is 0 Å². The molecule has 0 radical (unpaired) electrons. The number of fused-ring (bicyclic) bond motifs is 2. The van der Waals surface area contributed by atoms with Crippen molar-refractivity contribution in [2.24, 2.45) is 11.7 Å². The molecule has 1 aliphatic rings. The molecule has 0 spiro atoms. The van der Waals surface area contributed by atoms with E-state index in [0.717, 1.165) is 62.5 Å². The molecule has 0 aliphatic carbocycles. The Morgan fingerprint density at radius 2 is 2.22 bits per heavy atom. The monoisotopic (exact) mass is 366 g/mol. The first-order valence-electron chi connectivity index (χ1n) is 9.66. The number of hydrogen-bond donors (Lipinski definition) is 2. The molecule has 4 rings (SSSR count). The van der Waals surface area contributed by atoms with Crippen LogP contribution < -0.4 is 11.1 Å². The highest BCUT2D eigenvalue weighted by Gasteiger charge is 2.24. The lowest BCUT2D eigenvalue weighted by atomic mass is 9.94. The number of nitrogens with one attached hydrogen (secondary N) is 1. The Labute approximate surface area is 158 Å². The largest absolute Gasteiger partial charge is 0.365 e. The average molecular weight is 366 g/mol. The summed E-state index contributed by atoms with van der Waals surface area (Å²) in [5.41, 5.74) is 9.25. The summed E-state index contributed by atoms with van der Waals surface area (Å²) in [5.74, 6) is 1.16. The smallest absolute Gasteiger partial charge is 0.252 e. The predicted molar refractivity (Wildman–Crippen MR) is 104 cm³/mol. The lowest BCUT2D eigenvalue weighted by molar-refractivity contribution is 0.0998. The van der Waals surface area contributed by atoms with E-state index in [2.05, 4.69) is 40.1 Å². The number of nitrogens with zero attached hydrogens (tertiary/aromatic N) is 4. The molecule has 0 saturated carbocycles. The first kappa shape index (κ1) is 17.7. The first-order chi connectivity index (χ1) is 13.2. The first-order valence-corrected chi connectivity index (χ1v) is 9.66. The Balaban J connectivity index is 1.42. The van der Waals surface area contributed by atoms with E-state index in [1.54, 1.807) is 6.20 Å². The second kappa shape index (κ2) is 7.52. The van der Waals surface area contributed by atoms with Gasteiger partial charge in [-0.3, -0.25) is 9.48 Å². The predicted octanol–water partition coefficient (Wildman–Crippen LogP) is 2.09. The third kappa shape index (κ3) is 3.47. The third-order valence-electron chi connectivity index (χ3n) is 5.34. The number of hydrogen-bond acceptors (Lipinski definition) is 4. The van der Waals surface area contributed by atoms with Crippen LogP contribution in [0.1, 0.15) is 41.6 Å². The van der Waals surface area contributed by atoms with Crippen LogP contribution >= 0.6 is 0 Å². The molecule has 1 aromatic carbocycles. The van der Waals surface area contributed by atoms with Crippen molar-refractivity contribution in [2.75, 3.05) is 6.54 Å². The number of benzene rings is 1. The summed E-state index contributed by atoms with van der Waals surface area (Å²) in [4.78, 5) is 16.4. The average Bonchev–Trinajstić information content (AvgIpc) is 3.24. The van der Waals surface area contributed by atoms with Crippen LogP contribution in [0.2, 0.25) is 0 Å². The number of imidazole rings is 1. The zero-order valence-corrected chi connectivity index (χ0v) is 15.7. The fraction of sp³-hybridized carbons (Fsp3) is 0.450. The molecule has 0 bridgehead atoms. The van der Waals surface area contributed by atoms with E-state index in [1.165, 1.54) is 5.52 Å². The van der Waals surface area contributed by atoms with Crippen LogP contribution in [0.3, 0.4) is 0 Å². The fourth-order valence-electron chi connectivity index (χ4n) is 4.00. The highest BCUT2D eigenvalue weighted by molar-refractivity contribution is 5.93. The van der Waals surface area contributed by atoms with Crippen molar-refractivity contribution in [1.82, 2.24) is 24.6 Å². The molecule has 0 saturated heterocycles. The topological polar surface area (TPSA) is 90.8 Å². The van der Waals surface area contributed by atoms with Gasteiger partial charge in [-0.1, -0.05) is 19.1 Å².